The summed E-state index contributed by atoms with van der Waals surface area (Å²) in [6.07, 6.45) is 1.74. The van der Waals surface area contributed by atoms with E-state index in [-0.39, 0.29) is 44.6 Å². The van der Waals surface area contributed by atoms with Gasteiger partial charge in [0.2, 0.25) is 5.91 Å². The highest BCUT2D eigenvalue weighted by molar-refractivity contribution is 5.84. The number of benzene rings is 2. The Morgan fingerprint density at radius 3 is 2.32 bits per heavy atom. The van der Waals surface area contributed by atoms with Crippen molar-refractivity contribution in [2.75, 3.05) is 32.9 Å². The molecule has 8 heteroatoms. The lowest BCUT2D eigenvalue weighted by Crippen LogP contribution is -2.48. The van der Waals surface area contributed by atoms with Gasteiger partial charge in [0.15, 0.2) is 0 Å². The van der Waals surface area contributed by atoms with Crippen molar-refractivity contribution in [3.05, 3.63) is 59.7 Å². The highest BCUT2D eigenvalue weighted by atomic mass is 16.5. The summed E-state index contributed by atoms with van der Waals surface area (Å²) in [4.78, 5) is 37.3. The molecule has 1 aliphatic heterocycles. The van der Waals surface area contributed by atoms with E-state index in [9.17, 15) is 19.5 Å². The Morgan fingerprint density at radius 2 is 1.65 bits per heavy atom. The quantitative estimate of drug-likeness (QED) is 0.549. The number of carbonyl (C=O) groups excluding carboxylic acids is 2. The molecule has 180 valence electrons. The number of rotatable bonds is 9. The average Bonchev–Trinajstić information content (AvgIpc) is 3.18. The van der Waals surface area contributed by atoms with Crippen LogP contribution in [0.5, 0.6) is 0 Å². The van der Waals surface area contributed by atoms with E-state index in [4.69, 9.17) is 9.47 Å². The average molecular weight is 467 g/mol. The first-order valence-corrected chi connectivity index (χ1v) is 11.7. The lowest BCUT2D eigenvalue weighted by atomic mass is 9.98. The van der Waals surface area contributed by atoms with Crippen molar-refractivity contribution < 1.29 is 29.0 Å². The smallest absolute Gasteiger partial charge is 0.407 e. The number of hydrogen-bond acceptors (Lipinski definition) is 5. The summed E-state index contributed by atoms with van der Waals surface area (Å²) in [5.41, 5.74) is 4.66. The van der Waals surface area contributed by atoms with Gasteiger partial charge in [-0.25, -0.2) is 9.59 Å². The molecule has 1 aliphatic carbocycles. The van der Waals surface area contributed by atoms with Crippen LogP contribution in [0.2, 0.25) is 0 Å². The maximum Gasteiger partial charge on any atom is 0.407 e. The monoisotopic (exact) mass is 466 g/mol. The zero-order valence-electron chi connectivity index (χ0n) is 19.1. The Balaban J connectivity index is 1.15. The number of ether oxygens (including phenoxy) is 2. The molecule has 0 radical (unpaired) electrons. The first-order valence-electron chi connectivity index (χ1n) is 11.7. The fraction of sp³-hybridized carbons (Fsp3) is 0.423. The molecular formula is C26H30N2O6. The number of piperidine rings is 1. The van der Waals surface area contributed by atoms with Gasteiger partial charge >= 0.3 is 12.1 Å². The zero-order chi connectivity index (χ0) is 23.9. The Labute approximate surface area is 198 Å². The normalized spacial score (nSPS) is 17.1. The van der Waals surface area contributed by atoms with Crippen LogP contribution in [0.25, 0.3) is 11.1 Å². The molecule has 0 unspecified atom stereocenters. The first kappa shape index (κ1) is 23.8. The highest BCUT2D eigenvalue weighted by Crippen LogP contribution is 2.44. The molecule has 8 nitrogen and oxygen atoms in total. The molecule has 2 aliphatic rings. The van der Waals surface area contributed by atoms with Crippen LogP contribution in [-0.4, -0.2) is 66.9 Å². The van der Waals surface area contributed by atoms with Crippen molar-refractivity contribution in [3.8, 4) is 11.1 Å². The van der Waals surface area contributed by atoms with E-state index in [0.29, 0.717) is 13.0 Å². The molecule has 34 heavy (non-hydrogen) atoms. The number of amides is 2. The number of nitrogens with one attached hydrogen (secondary N) is 1. The minimum atomic E-state index is -0.957. The van der Waals surface area contributed by atoms with Gasteiger partial charge in [-0.1, -0.05) is 48.5 Å². The van der Waals surface area contributed by atoms with Crippen LogP contribution in [0.15, 0.2) is 48.5 Å². The topological polar surface area (TPSA) is 105 Å². The third-order valence-corrected chi connectivity index (χ3v) is 6.43. The van der Waals surface area contributed by atoms with Crippen LogP contribution in [0.3, 0.4) is 0 Å². The maximum absolute atomic E-state index is 12.3. The van der Waals surface area contributed by atoms with Crippen LogP contribution >= 0.6 is 0 Å². The molecule has 0 saturated carbocycles. The molecule has 2 N–H and O–H groups in total. The zero-order valence-corrected chi connectivity index (χ0v) is 19.1. The third-order valence-electron chi connectivity index (χ3n) is 6.43. The van der Waals surface area contributed by atoms with Crippen molar-refractivity contribution in [1.82, 2.24) is 10.2 Å². The number of carboxylic acids is 1. The van der Waals surface area contributed by atoms with Crippen LogP contribution in [0.1, 0.15) is 42.7 Å². The standard InChI is InChI=1S/C26H30N2O6/c29-24(28-14-6-5-11-23(28)25(30)31)12-15-33-16-13-27-26(32)34-17-22-20-9-3-1-7-18(20)19-8-2-4-10-21(19)22/h1-4,7-10,22-23H,5-6,11-17H2,(H,27,32)(H,30,31)/t23-/m0/s1. The molecule has 4 rings (SSSR count). The van der Waals surface area contributed by atoms with Crippen LogP contribution in [0, 0.1) is 0 Å². The van der Waals surface area contributed by atoms with Gasteiger partial charge in [0, 0.05) is 19.0 Å². The predicted octanol–water partition coefficient (Wildman–Crippen LogP) is 3.40. The fourth-order valence-electron chi connectivity index (χ4n) is 4.77. The van der Waals surface area contributed by atoms with Crippen molar-refractivity contribution in [2.45, 2.75) is 37.6 Å². The summed E-state index contributed by atoms with van der Waals surface area (Å²) in [6.45, 7) is 1.38. The van der Waals surface area contributed by atoms with Crippen LogP contribution in [-0.2, 0) is 19.1 Å². The third kappa shape index (κ3) is 5.39. The second kappa shape index (κ2) is 11.2. The molecular weight excluding hydrogens is 436 g/mol. The number of likely N-dealkylation sites (tertiary alicyclic amines) is 1. The van der Waals surface area contributed by atoms with Crippen LogP contribution in [0.4, 0.5) is 4.79 Å². The SMILES string of the molecule is O=C(NCCOCCC(=O)N1CCCC[C@H]1C(=O)O)OCC1c2ccccc2-c2ccccc21. The Morgan fingerprint density at radius 1 is 0.971 bits per heavy atom. The van der Waals surface area contributed by atoms with Gasteiger partial charge in [-0.05, 0) is 41.5 Å². The molecule has 2 amide bonds. The first-order chi connectivity index (χ1) is 16.6. The summed E-state index contributed by atoms with van der Waals surface area (Å²) in [5, 5.41) is 12.0. The lowest BCUT2D eigenvalue weighted by molar-refractivity contribution is -0.152. The second-order valence-corrected chi connectivity index (χ2v) is 8.55. The summed E-state index contributed by atoms with van der Waals surface area (Å²) in [5.74, 6) is -1.16. The second-order valence-electron chi connectivity index (χ2n) is 8.55. The number of carboxylic acid groups (broad SMARTS) is 1. The van der Waals surface area contributed by atoms with Crippen molar-refractivity contribution in [3.63, 3.8) is 0 Å². The number of nitrogens with zero attached hydrogens (tertiary/aromatic N) is 1. The maximum atomic E-state index is 12.3. The minimum absolute atomic E-state index is 0.00447. The minimum Gasteiger partial charge on any atom is -0.480 e. The molecule has 1 fully saturated rings. The van der Waals surface area contributed by atoms with E-state index in [2.05, 4.69) is 29.6 Å². The predicted molar refractivity (Wildman–Crippen MR) is 125 cm³/mol. The van der Waals surface area contributed by atoms with Gasteiger partial charge < -0.3 is 24.8 Å². The van der Waals surface area contributed by atoms with Gasteiger partial charge in [-0.15, -0.1) is 0 Å². The lowest BCUT2D eigenvalue weighted by Gasteiger charge is -2.33. The van der Waals surface area contributed by atoms with Crippen molar-refractivity contribution >= 4 is 18.0 Å². The fourth-order valence-corrected chi connectivity index (χ4v) is 4.77. The van der Waals surface area contributed by atoms with E-state index in [0.717, 1.165) is 24.0 Å². The number of alkyl carbamates (subject to hydrolysis) is 1. The number of carbonyl (C=O) groups is 3. The van der Waals surface area contributed by atoms with Gasteiger partial charge in [-0.3, -0.25) is 4.79 Å². The Kier molecular flexibility index (Phi) is 7.80. The molecule has 2 aromatic carbocycles. The van der Waals surface area contributed by atoms with Gasteiger partial charge in [0.1, 0.15) is 12.6 Å². The molecule has 2 aromatic rings. The van der Waals surface area contributed by atoms with Crippen molar-refractivity contribution in [1.29, 1.82) is 0 Å². The molecule has 0 bridgehead atoms. The van der Waals surface area contributed by atoms with Crippen molar-refractivity contribution in [2.24, 2.45) is 0 Å². The number of hydrogen-bond donors (Lipinski definition) is 2. The molecule has 0 spiro atoms. The van der Waals surface area contributed by atoms with E-state index in [1.54, 1.807) is 0 Å². The summed E-state index contributed by atoms with van der Waals surface area (Å²) in [7, 11) is 0. The highest BCUT2D eigenvalue weighted by Gasteiger charge is 2.31. The molecule has 1 atom stereocenters. The molecule has 1 saturated heterocycles. The van der Waals surface area contributed by atoms with E-state index < -0.39 is 18.1 Å². The van der Waals surface area contributed by atoms with Gasteiger partial charge in [0.25, 0.3) is 0 Å². The van der Waals surface area contributed by atoms with E-state index >= 15 is 0 Å². The largest absolute Gasteiger partial charge is 0.480 e. The summed E-state index contributed by atoms with van der Waals surface area (Å²) < 4.78 is 10.9. The van der Waals surface area contributed by atoms with Gasteiger partial charge in [-0.2, -0.15) is 0 Å². The van der Waals surface area contributed by atoms with Gasteiger partial charge in [0.05, 0.1) is 19.6 Å². The Bertz CT molecular complexity index is 994. The van der Waals surface area contributed by atoms with E-state index in [1.807, 2.05) is 24.3 Å². The Hall–Kier alpha value is -3.39. The summed E-state index contributed by atoms with van der Waals surface area (Å²) >= 11 is 0. The summed E-state index contributed by atoms with van der Waals surface area (Å²) in [6, 6.07) is 15.6. The molecule has 1 heterocycles. The van der Waals surface area contributed by atoms with E-state index in [1.165, 1.54) is 16.0 Å². The molecule has 0 aromatic heterocycles. The number of aliphatic carboxylic acids is 1. The van der Waals surface area contributed by atoms with Crippen LogP contribution < -0.4 is 5.32 Å². The number of fused-ring (bicyclic) bond motifs is 3.